The summed E-state index contributed by atoms with van der Waals surface area (Å²) in [5.74, 6) is 0.848. The molecule has 1 heterocycles. The van der Waals surface area contributed by atoms with Crippen molar-refractivity contribution >= 4 is 26.8 Å². The van der Waals surface area contributed by atoms with Crippen molar-refractivity contribution in [3.8, 4) is 5.75 Å². The van der Waals surface area contributed by atoms with E-state index in [9.17, 15) is 0 Å². The molecule has 1 aromatic heterocycles. The second kappa shape index (κ2) is 5.41. The van der Waals surface area contributed by atoms with E-state index in [1.165, 1.54) is 0 Å². The summed E-state index contributed by atoms with van der Waals surface area (Å²) in [5, 5.41) is 1.03. The van der Waals surface area contributed by atoms with Gasteiger partial charge in [0.15, 0.2) is 0 Å². The van der Waals surface area contributed by atoms with E-state index in [0.717, 1.165) is 26.8 Å². The van der Waals surface area contributed by atoms with Crippen LogP contribution in [0.25, 0.3) is 10.9 Å². The molecule has 0 unspecified atom stereocenters. The van der Waals surface area contributed by atoms with Crippen LogP contribution in [0.2, 0.25) is 0 Å². The zero-order valence-electron chi connectivity index (χ0n) is 10.2. The van der Waals surface area contributed by atoms with Gasteiger partial charge in [-0.3, -0.25) is 0 Å². The Bertz CT molecular complexity index is 697. The van der Waals surface area contributed by atoms with Gasteiger partial charge in [0, 0.05) is 11.5 Å². The van der Waals surface area contributed by atoms with Crippen LogP contribution in [0.4, 0.5) is 0 Å². The molecule has 0 amide bonds. The van der Waals surface area contributed by atoms with Crippen LogP contribution in [0.3, 0.4) is 0 Å². The van der Waals surface area contributed by atoms with E-state index >= 15 is 0 Å². The van der Waals surface area contributed by atoms with E-state index in [1.54, 1.807) is 0 Å². The Hall–Kier alpha value is -1.87. The van der Waals surface area contributed by atoms with Crippen molar-refractivity contribution < 1.29 is 4.74 Å². The molecule has 2 nitrogen and oxygen atoms in total. The van der Waals surface area contributed by atoms with E-state index in [4.69, 9.17) is 4.74 Å². The lowest BCUT2D eigenvalue weighted by Crippen LogP contribution is -1.96. The fourth-order valence-corrected chi connectivity index (χ4v) is 2.37. The SMILES string of the molecule is Brc1cc(OCc2ccccc2)c2ccccc2n1. The van der Waals surface area contributed by atoms with Crippen LogP contribution in [0, 0.1) is 0 Å². The average Bonchev–Trinajstić information content (AvgIpc) is 2.45. The van der Waals surface area contributed by atoms with E-state index < -0.39 is 0 Å². The number of benzene rings is 2. The second-order valence-corrected chi connectivity index (χ2v) is 5.05. The molecule has 0 N–H and O–H groups in total. The predicted molar refractivity (Wildman–Crippen MR) is 80.2 cm³/mol. The van der Waals surface area contributed by atoms with E-state index in [2.05, 4.69) is 33.0 Å². The Morgan fingerprint density at radius 1 is 0.947 bits per heavy atom. The van der Waals surface area contributed by atoms with Gasteiger partial charge in [-0.15, -0.1) is 0 Å². The Kier molecular flexibility index (Phi) is 3.47. The van der Waals surface area contributed by atoms with Crippen molar-refractivity contribution in [3.05, 3.63) is 70.8 Å². The van der Waals surface area contributed by atoms with Gasteiger partial charge in [-0.05, 0) is 33.6 Å². The van der Waals surface area contributed by atoms with Gasteiger partial charge in [-0.2, -0.15) is 0 Å². The van der Waals surface area contributed by atoms with Gasteiger partial charge in [0.2, 0.25) is 0 Å². The number of ether oxygens (including phenoxy) is 1. The lowest BCUT2D eigenvalue weighted by Gasteiger charge is -2.09. The number of hydrogen-bond donors (Lipinski definition) is 0. The minimum atomic E-state index is 0.557. The van der Waals surface area contributed by atoms with E-state index in [1.807, 2.05) is 48.5 Å². The first-order chi connectivity index (χ1) is 9.33. The van der Waals surface area contributed by atoms with Crippen molar-refractivity contribution in [2.45, 2.75) is 6.61 Å². The van der Waals surface area contributed by atoms with Crippen molar-refractivity contribution in [1.29, 1.82) is 0 Å². The Morgan fingerprint density at radius 2 is 1.68 bits per heavy atom. The summed E-state index contributed by atoms with van der Waals surface area (Å²) in [6.07, 6.45) is 0. The number of aromatic nitrogens is 1. The summed E-state index contributed by atoms with van der Waals surface area (Å²) in [6.45, 7) is 0.557. The standard InChI is InChI=1S/C16H12BrNO/c17-16-10-15(13-8-4-5-9-14(13)18-16)19-11-12-6-2-1-3-7-12/h1-10H,11H2. The number of nitrogens with zero attached hydrogens (tertiary/aromatic N) is 1. The molecule has 0 aliphatic rings. The second-order valence-electron chi connectivity index (χ2n) is 4.23. The average molecular weight is 314 g/mol. The highest BCUT2D eigenvalue weighted by atomic mass is 79.9. The molecule has 3 rings (SSSR count). The van der Waals surface area contributed by atoms with Crippen molar-refractivity contribution in [1.82, 2.24) is 4.98 Å². The smallest absolute Gasteiger partial charge is 0.131 e. The Balaban J connectivity index is 1.92. The van der Waals surface area contributed by atoms with Crippen molar-refractivity contribution in [3.63, 3.8) is 0 Å². The fraction of sp³-hybridized carbons (Fsp3) is 0.0625. The number of fused-ring (bicyclic) bond motifs is 1. The van der Waals surface area contributed by atoms with Crippen LogP contribution >= 0.6 is 15.9 Å². The molecular weight excluding hydrogens is 302 g/mol. The zero-order chi connectivity index (χ0) is 13.1. The molecule has 0 fully saturated rings. The van der Waals surface area contributed by atoms with Crippen LogP contribution in [-0.2, 0) is 6.61 Å². The Labute approximate surface area is 120 Å². The van der Waals surface area contributed by atoms with Gasteiger partial charge in [-0.1, -0.05) is 42.5 Å². The highest BCUT2D eigenvalue weighted by Crippen LogP contribution is 2.28. The molecule has 3 heteroatoms. The van der Waals surface area contributed by atoms with Crippen LogP contribution in [0.5, 0.6) is 5.75 Å². The topological polar surface area (TPSA) is 22.1 Å². The quantitative estimate of drug-likeness (QED) is 0.660. The van der Waals surface area contributed by atoms with E-state index in [-0.39, 0.29) is 0 Å². The number of halogens is 1. The molecule has 0 spiro atoms. The van der Waals surface area contributed by atoms with Crippen LogP contribution in [0.1, 0.15) is 5.56 Å². The molecule has 0 aliphatic carbocycles. The maximum atomic E-state index is 5.92. The lowest BCUT2D eigenvalue weighted by atomic mass is 10.2. The molecule has 94 valence electrons. The summed E-state index contributed by atoms with van der Waals surface area (Å²) >= 11 is 3.42. The largest absolute Gasteiger partial charge is 0.488 e. The molecule has 0 bridgehead atoms. The summed E-state index contributed by atoms with van der Waals surface area (Å²) < 4.78 is 6.70. The fourth-order valence-electron chi connectivity index (χ4n) is 1.97. The number of hydrogen-bond acceptors (Lipinski definition) is 2. The third-order valence-electron chi connectivity index (χ3n) is 2.88. The van der Waals surface area contributed by atoms with Gasteiger partial charge in [-0.25, -0.2) is 4.98 Å². The molecule has 3 aromatic rings. The minimum Gasteiger partial charge on any atom is -0.488 e. The molecule has 19 heavy (non-hydrogen) atoms. The normalized spacial score (nSPS) is 10.6. The molecular formula is C16H12BrNO. The van der Waals surface area contributed by atoms with Crippen LogP contribution in [-0.4, -0.2) is 4.98 Å². The molecule has 2 aromatic carbocycles. The minimum absolute atomic E-state index is 0.557. The number of para-hydroxylation sites is 1. The summed E-state index contributed by atoms with van der Waals surface area (Å²) in [5.41, 5.74) is 2.08. The molecule has 0 atom stereocenters. The van der Waals surface area contributed by atoms with E-state index in [0.29, 0.717) is 6.61 Å². The third-order valence-corrected chi connectivity index (χ3v) is 3.29. The van der Waals surface area contributed by atoms with Gasteiger partial charge in [0.25, 0.3) is 0 Å². The maximum Gasteiger partial charge on any atom is 0.131 e. The maximum absolute atomic E-state index is 5.92. The first kappa shape index (κ1) is 12.2. The van der Waals surface area contributed by atoms with Gasteiger partial charge in [0.1, 0.15) is 17.0 Å². The first-order valence-electron chi connectivity index (χ1n) is 6.05. The van der Waals surface area contributed by atoms with Gasteiger partial charge in [0.05, 0.1) is 5.52 Å². The monoisotopic (exact) mass is 313 g/mol. The molecule has 0 aliphatic heterocycles. The molecule has 0 saturated carbocycles. The Morgan fingerprint density at radius 3 is 2.53 bits per heavy atom. The van der Waals surface area contributed by atoms with Crippen molar-refractivity contribution in [2.75, 3.05) is 0 Å². The first-order valence-corrected chi connectivity index (χ1v) is 6.84. The number of rotatable bonds is 3. The molecule has 0 radical (unpaired) electrons. The predicted octanol–water partition coefficient (Wildman–Crippen LogP) is 4.58. The third kappa shape index (κ3) is 2.76. The summed E-state index contributed by atoms with van der Waals surface area (Å²) in [6, 6.07) is 20.0. The van der Waals surface area contributed by atoms with Gasteiger partial charge >= 0.3 is 0 Å². The van der Waals surface area contributed by atoms with Crippen molar-refractivity contribution in [2.24, 2.45) is 0 Å². The summed E-state index contributed by atoms with van der Waals surface area (Å²) in [7, 11) is 0. The number of pyridine rings is 1. The highest BCUT2D eigenvalue weighted by Gasteiger charge is 2.05. The highest BCUT2D eigenvalue weighted by molar-refractivity contribution is 9.10. The van der Waals surface area contributed by atoms with Crippen LogP contribution < -0.4 is 4.74 Å². The molecule has 0 saturated heterocycles. The summed E-state index contributed by atoms with van der Waals surface area (Å²) in [4.78, 5) is 4.43. The zero-order valence-corrected chi connectivity index (χ0v) is 11.8. The van der Waals surface area contributed by atoms with Crippen LogP contribution in [0.15, 0.2) is 65.3 Å². The van der Waals surface area contributed by atoms with Gasteiger partial charge < -0.3 is 4.74 Å². The lowest BCUT2D eigenvalue weighted by molar-refractivity contribution is 0.309.